The summed E-state index contributed by atoms with van der Waals surface area (Å²) in [6, 6.07) is 15.3. The highest BCUT2D eigenvalue weighted by Gasteiger charge is 2.07. The zero-order valence-electron chi connectivity index (χ0n) is 13.6. The molecule has 0 aromatic heterocycles. The van der Waals surface area contributed by atoms with Gasteiger partial charge in [-0.05, 0) is 36.3 Å². The van der Waals surface area contributed by atoms with Gasteiger partial charge in [-0.3, -0.25) is 4.79 Å². The van der Waals surface area contributed by atoms with Gasteiger partial charge >= 0.3 is 0 Å². The normalized spacial score (nSPS) is 12.0. The molecule has 2 rings (SSSR count). The fourth-order valence-electron chi connectivity index (χ4n) is 2.21. The second-order valence-electron chi connectivity index (χ2n) is 5.09. The summed E-state index contributed by atoms with van der Waals surface area (Å²) < 4.78 is 10.4. The minimum Gasteiger partial charge on any atom is -0.493 e. The molecule has 1 atom stereocenters. The molecule has 4 heteroatoms. The van der Waals surface area contributed by atoms with Gasteiger partial charge in [-0.2, -0.15) is 0 Å². The Labute approximate surface area is 136 Å². The van der Waals surface area contributed by atoms with E-state index in [1.165, 1.54) is 6.08 Å². The first kappa shape index (κ1) is 16.6. The molecule has 0 unspecified atom stereocenters. The van der Waals surface area contributed by atoms with Crippen molar-refractivity contribution >= 4 is 12.0 Å². The van der Waals surface area contributed by atoms with Crippen molar-refractivity contribution in [3.63, 3.8) is 0 Å². The van der Waals surface area contributed by atoms with E-state index in [1.54, 1.807) is 20.3 Å². The van der Waals surface area contributed by atoms with E-state index in [2.05, 4.69) is 5.32 Å². The van der Waals surface area contributed by atoms with Gasteiger partial charge in [-0.15, -0.1) is 0 Å². The van der Waals surface area contributed by atoms with E-state index in [0.717, 1.165) is 11.1 Å². The number of hydrogen-bond acceptors (Lipinski definition) is 3. The molecule has 4 nitrogen and oxygen atoms in total. The summed E-state index contributed by atoms with van der Waals surface area (Å²) >= 11 is 0. The molecule has 2 aromatic carbocycles. The Hall–Kier alpha value is -2.75. The quantitative estimate of drug-likeness (QED) is 0.829. The third-order valence-electron chi connectivity index (χ3n) is 3.49. The standard InChI is InChI=1S/C19H21NO3/c1-14(16-7-5-4-6-8-16)20-19(21)12-10-15-9-11-17(22-2)18(13-15)23-3/h4-14H,1-3H3,(H,20,21)/b12-10+/t14-/m0/s1. The summed E-state index contributed by atoms with van der Waals surface area (Å²) in [5, 5.41) is 2.94. The summed E-state index contributed by atoms with van der Waals surface area (Å²) in [5.41, 5.74) is 1.94. The molecule has 0 radical (unpaired) electrons. The summed E-state index contributed by atoms with van der Waals surface area (Å²) in [7, 11) is 3.17. The molecule has 120 valence electrons. The molecule has 0 heterocycles. The van der Waals surface area contributed by atoms with Gasteiger partial charge in [0.05, 0.1) is 20.3 Å². The molecule has 1 N–H and O–H groups in total. The van der Waals surface area contributed by atoms with Gasteiger partial charge in [0, 0.05) is 6.08 Å². The maximum Gasteiger partial charge on any atom is 0.244 e. The number of rotatable bonds is 6. The summed E-state index contributed by atoms with van der Waals surface area (Å²) in [6.07, 6.45) is 3.26. The van der Waals surface area contributed by atoms with E-state index in [0.29, 0.717) is 11.5 Å². The Morgan fingerprint density at radius 3 is 2.39 bits per heavy atom. The van der Waals surface area contributed by atoms with Crippen LogP contribution in [0.1, 0.15) is 24.1 Å². The molecule has 0 fully saturated rings. The van der Waals surface area contributed by atoms with Crippen molar-refractivity contribution in [1.29, 1.82) is 0 Å². The average molecular weight is 311 g/mol. The molecule has 0 aliphatic rings. The van der Waals surface area contributed by atoms with Gasteiger partial charge in [-0.25, -0.2) is 0 Å². The summed E-state index contributed by atoms with van der Waals surface area (Å²) in [5.74, 6) is 1.15. The van der Waals surface area contributed by atoms with Gasteiger partial charge in [-0.1, -0.05) is 36.4 Å². The van der Waals surface area contributed by atoms with E-state index < -0.39 is 0 Å². The number of carbonyl (C=O) groups excluding carboxylic acids is 1. The first-order valence-electron chi connectivity index (χ1n) is 7.39. The lowest BCUT2D eigenvalue weighted by Crippen LogP contribution is -2.24. The van der Waals surface area contributed by atoms with Gasteiger partial charge in [0.2, 0.25) is 5.91 Å². The molecular formula is C19H21NO3. The molecule has 0 spiro atoms. The number of hydrogen-bond donors (Lipinski definition) is 1. The van der Waals surface area contributed by atoms with E-state index in [4.69, 9.17) is 9.47 Å². The van der Waals surface area contributed by atoms with E-state index >= 15 is 0 Å². The van der Waals surface area contributed by atoms with Gasteiger partial charge in [0.25, 0.3) is 0 Å². The molecule has 0 saturated carbocycles. The van der Waals surface area contributed by atoms with Crippen LogP contribution in [0.2, 0.25) is 0 Å². The SMILES string of the molecule is COc1ccc(/C=C/C(=O)N[C@@H](C)c2ccccc2)cc1OC. The lowest BCUT2D eigenvalue weighted by atomic mass is 10.1. The number of benzene rings is 2. The van der Waals surface area contributed by atoms with Crippen LogP contribution in [-0.4, -0.2) is 20.1 Å². The van der Waals surface area contributed by atoms with E-state index in [1.807, 2.05) is 55.5 Å². The van der Waals surface area contributed by atoms with E-state index in [-0.39, 0.29) is 11.9 Å². The zero-order valence-corrected chi connectivity index (χ0v) is 13.6. The van der Waals surface area contributed by atoms with Crippen molar-refractivity contribution in [2.75, 3.05) is 14.2 Å². The largest absolute Gasteiger partial charge is 0.493 e. The Morgan fingerprint density at radius 2 is 1.74 bits per heavy atom. The molecule has 0 bridgehead atoms. The predicted octanol–water partition coefficient (Wildman–Crippen LogP) is 3.59. The Kier molecular flexibility index (Phi) is 5.80. The average Bonchev–Trinajstić information content (AvgIpc) is 2.60. The molecule has 2 aromatic rings. The number of nitrogens with one attached hydrogen (secondary N) is 1. The fourth-order valence-corrected chi connectivity index (χ4v) is 2.21. The molecule has 0 aliphatic carbocycles. The third kappa shape index (κ3) is 4.61. The van der Waals surface area contributed by atoms with Crippen LogP contribution in [0.3, 0.4) is 0 Å². The zero-order chi connectivity index (χ0) is 16.7. The topological polar surface area (TPSA) is 47.6 Å². The number of methoxy groups -OCH3 is 2. The monoisotopic (exact) mass is 311 g/mol. The molecule has 0 aliphatic heterocycles. The second-order valence-corrected chi connectivity index (χ2v) is 5.09. The molecular weight excluding hydrogens is 290 g/mol. The summed E-state index contributed by atoms with van der Waals surface area (Å²) in [6.45, 7) is 1.96. The summed E-state index contributed by atoms with van der Waals surface area (Å²) in [4.78, 5) is 12.0. The van der Waals surface area contributed by atoms with Crippen LogP contribution in [0.5, 0.6) is 11.5 Å². The maximum absolute atomic E-state index is 12.0. The van der Waals surface area contributed by atoms with Crippen molar-refractivity contribution in [2.45, 2.75) is 13.0 Å². The number of amides is 1. The Morgan fingerprint density at radius 1 is 1.04 bits per heavy atom. The first-order valence-corrected chi connectivity index (χ1v) is 7.39. The first-order chi connectivity index (χ1) is 11.1. The second kappa shape index (κ2) is 8.03. The van der Waals surface area contributed by atoms with Crippen LogP contribution in [0, 0.1) is 0 Å². The number of ether oxygens (including phenoxy) is 2. The van der Waals surface area contributed by atoms with Crippen LogP contribution in [0.25, 0.3) is 6.08 Å². The lowest BCUT2D eigenvalue weighted by molar-refractivity contribution is -0.117. The molecule has 23 heavy (non-hydrogen) atoms. The van der Waals surface area contributed by atoms with Crippen molar-refractivity contribution < 1.29 is 14.3 Å². The van der Waals surface area contributed by atoms with Crippen LogP contribution in [0.15, 0.2) is 54.6 Å². The molecule has 0 saturated heterocycles. The van der Waals surface area contributed by atoms with Crippen molar-refractivity contribution in [3.05, 3.63) is 65.7 Å². The van der Waals surface area contributed by atoms with Crippen molar-refractivity contribution in [2.24, 2.45) is 0 Å². The highest BCUT2D eigenvalue weighted by Crippen LogP contribution is 2.27. The van der Waals surface area contributed by atoms with Gasteiger partial charge < -0.3 is 14.8 Å². The van der Waals surface area contributed by atoms with Gasteiger partial charge in [0.1, 0.15) is 0 Å². The van der Waals surface area contributed by atoms with E-state index in [9.17, 15) is 4.79 Å². The highest BCUT2D eigenvalue weighted by molar-refractivity contribution is 5.92. The Balaban J connectivity index is 2.01. The van der Waals surface area contributed by atoms with Gasteiger partial charge in [0.15, 0.2) is 11.5 Å². The lowest BCUT2D eigenvalue weighted by Gasteiger charge is -2.12. The van der Waals surface area contributed by atoms with Crippen molar-refractivity contribution in [1.82, 2.24) is 5.32 Å². The van der Waals surface area contributed by atoms with Crippen LogP contribution in [-0.2, 0) is 4.79 Å². The predicted molar refractivity (Wildman–Crippen MR) is 91.6 cm³/mol. The Bertz CT molecular complexity index is 680. The number of carbonyl (C=O) groups is 1. The molecule has 1 amide bonds. The highest BCUT2D eigenvalue weighted by atomic mass is 16.5. The van der Waals surface area contributed by atoms with Crippen LogP contribution < -0.4 is 14.8 Å². The smallest absolute Gasteiger partial charge is 0.244 e. The fraction of sp³-hybridized carbons (Fsp3) is 0.211. The van der Waals surface area contributed by atoms with Crippen LogP contribution >= 0.6 is 0 Å². The minimum absolute atomic E-state index is 0.0428. The third-order valence-corrected chi connectivity index (χ3v) is 3.49. The maximum atomic E-state index is 12.0. The van der Waals surface area contributed by atoms with Crippen molar-refractivity contribution in [3.8, 4) is 11.5 Å². The minimum atomic E-state index is -0.142. The van der Waals surface area contributed by atoms with Crippen LogP contribution in [0.4, 0.5) is 0 Å².